The standard InChI is InChI=1S/C12H20BrN3O3S/c1-3-16-8-11(14-10(16)2)20(17,18)15-12(9-13)4-6-19-7-5-12/h8,15H,3-7,9H2,1-2H3. The van der Waals surface area contributed by atoms with Gasteiger partial charge in [0.25, 0.3) is 10.0 Å². The average Bonchev–Trinajstić information content (AvgIpc) is 2.81. The molecule has 0 bridgehead atoms. The van der Waals surface area contributed by atoms with Crippen LogP contribution < -0.4 is 4.72 Å². The van der Waals surface area contributed by atoms with Gasteiger partial charge in [0, 0.05) is 36.8 Å². The Morgan fingerprint density at radius 3 is 2.65 bits per heavy atom. The van der Waals surface area contributed by atoms with Crippen LogP contribution in [0.5, 0.6) is 0 Å². The second kappa shape index (κ2) is 6.13. The van der Waals surface area contributed by atoms with Crippen molar-refractivity contribution in [1.29, 1.82) is 0 Å². The molecule has 1 aliphatic heterocycles. The first-order valence-electron chi connectivity index (χ1n) is 6.64. The predicted molar refractivity (Wildman–Crippen MR) is 79.5 cm³/mol. The van der Waals surface area contributed by atoms with Gasteiger partial charge in [0.15, 0.2) is 5.03 Å². The Labute approximate surface area is 128 Å². The third-order valence-electron chi connectivity index (χ3n) is 3.63. The minimum atomic E-state index is -3.61. The van der Waals surface area contributed by atoms with Crippen molar-refractivity contribution in [3.8, 4) is 0 Å². The summed E-state index contributed by atoms with van der Waals surface area (Å²) < 4.78 is 34.9. The highest BCUT2D eigenvalue weighted by atomic mass is 79.9. The molecule has 1 aliphatic rings. The number of alkyl halides is 1. The van der Waals surface area contributed by atoms with E-state index in [1.807, 2.05) is 11.5 Å². The number of nitrogens with zero attached hydrogens (tertiary/aromatic N) is 2. The van der Waals surface area contributed by atoms with E-state index in [4.69, 9.17) is 4.74 Å². The van der Waals surface area contributed by atoms with E-state index in [0.29, 0.717) is 43.8 Å². The van der Waals surface area contributed by atoms with Crippen LogP contribution >= 0.6 is 15.9 Å². The summed E-state index contributed by atoms with van der Waals surface area (Å²) in [4.78, 5) is 4.15. The molecule has 0 atom stereocenters. The molecule has 0 spiro atoms. The summed E-state index contributed by atoms with van der Waals surface area (Å²) in [6.45, 7) is 5.59. The Hall–Kier alpha value is -0.440. The summed E-state index contributed by atoms with van der Waals surface area (Å²) in [5.41, 5.74) is -0.485. The molecule has 0 unspecified atom stereocenters. The Balaban J connectivity index is 2.25. The number of aromatic nitrogens is 2. The van der Waals surface area contributed by atoms with E-state index in [9.17, 15) is 8.42 Å². The summed E-state index contributed by atoms with van der Waals surface area (Å²) in [7, 11) is -3.61. The third kappa shape index (κ3) is 3.24. The van der Waals surface area contributed by atoms with Gasteiger partial charge < -0.3 is 9.30 Å². The molecule has 1 aromatic heterocycles. The number of hydrogen-bond acceptors (Lipinski definition) is 4. The highest BCUT2D eigenvalue weighted by Crippen LogP contribution is 2.25. The normalized spacial score (nSPS) is 19.1. The van der Waals surface area contributed by atoms with Crippen LogP contribution in [-0.4, -0.2) is 42.1 Å². The maximum absolute atomic E-state index is 12.5. The van der Waals surface area contributed by atoms with Crippen LogP contribution in [0.4, 0.5) is 0 Å². The molecule has 8 heteroatoms. The lowest BCUT2D eigenvalue weighted by Gasteiger charge is -2.35. The largest absolute Gasteiger partial charge is 0.381 e. The first-order chi connectivity index (χ1) is 9.42. The van der Waals surface area contributed by atoms with Crippen molar-refractivity contribution in [1.82, 2.24) is 14.3 Å². The van der Waals surface area contributed by atoms with Crippen molar-refractivity contribution in [2.45, 2.75) is 43.8 Å². The number of sulfonamides is 1. The van der Waals surface area contributed by atoms with E-state index < -0.39 is 15.6 Å². The highest BCUT2D eigenvalue weighted by Gasteiger charge is 2.37. The van der Waals surface area contributed by atoms with Crippen LogP contribution in [0.2, 0.25) is 0 Å². The molecule has 114 valence electrons. The van der Waals surface area contributed by atoms with E-state index in [2.05, 4.69) is 25.6 Å². The van der Waals surface area contributed by atoms with Crippen molar-refractivity contribution in [3.05, 3.63) is 12.0 Å². The smallest absolute Gasteiger partial charge is 0.260 e. The molecule has 0 aliphatic carbocycles. The molecule has 2 rings (SSSR count). The van der Waals surface area contributed by atoms with Crippen molar-refractivity contribution in [2.75, 3.05) is 18.5 Å². The fraction of sp³-hybridized carbons (Fsp3) is 0.750. The molecule has 0 radical (unpaired) electrons. The van der Waals surface area contributed by atoms with Crippen LogP contribution in [0.15, 0.2) is 11.2 Å². The molecule has 20 heavy (non-hydrogen) atoms. The van der Waals surface area contributed by atoms with Gasteiger partial charge >= 0.3 is 0 Å². The van der Waals surface area contributed by atoms with Gasteiger partial charge in [0.2, 0.25) is 0 Å². The van der Waals surface area contributed by atoms with Crippen molar-refractivity contribution in [3.63, 3.8) is 0 Å². The van der Waals surface area contributed by atoms with Gasteiger partial charge in [-0.15, -0.1) is 0 Å². The number of imidazole rings is 1. The fourth-order valence-electron chi connectivity index (χ4n) is 2.29. The average molecular weight is 366 g/mol. The SMILES string of the molecule is CCn1cc(S(=O)(=O)NC2(CBr)CCOCC2)nc1C. The lowest BCUT2D eigenvalue weighted by atomic mass is 9.94. The number of aryl methyl sites for hydroxylation is 2. The van der Waals surface area contributed by atoms with Crippen molar-refractivity contribution < 1.29 is 13.2 Å². The molecule has 0 aromatic carbocycles. The summed E-state index contributed by atoms with van der Waals surface area (Å²) in [5.74, 6) is 0.702. The molecule has 1 aromatic rings. The van der Waals surface area contributed by atoms with E-state index in [1.165, 1.54) is 0 Å². The molecular formula is C12H20BrN3O3S. The minimum absolute atomic E-state index is 0.0867. The molecule has 1 N–H and O–H groups in total. The predicted octanol–water partition coefficient (Wildman–Crippen LogP) is 1.43. The fourth-order valence-corrected chi connectivity index (χ4v) is 4.65. The monoisotopic (exact) mass is 365 g/mol. The number of ether oxygens (including phenoxy) is 1. The van der Waals surface area contributed by atoms with Crippen LogP contribution in [0, 0.1) is 6.92 Å². The van der Waals surface area contributed by atoms with Crippen molar-refractivity contribution in [2.24, 2.45) is 0 Å². The summed E-state index contributed by atoms with van der Waals surface area (Å²) in [6.07, 6.45) is 2.90. The van der Waals surface area contributed by atoms with Gasteiger partial charge in [-0.05, 0) is 26.7 Å². The highest BCUT2D eigenvalue weighted by molar-refractivity contribution is 9.09. The topological polar surface area (TPSA) is 73.2 Å². The summed E-state index contributed by atoms with van der Waals surface area (Å²) >= 11 is 3.42. The summed E-state index contributed by atoms with van der Waals surface area (Å²) in [5, 5.41) is 0.652. The zero-order chi connectivity index (χ0) is 14.8. The Bertz CT molecular complexity index is 565. The molecule has 0 amide bonds. The van der Waals surface area contributed by atoms with Gasteiger partial charge in [-0.25, -0.2) is 18.1 Å². The Morgan fingerprint density at radius 1 is 1.50 bits per heavy atom. The molecule has 1 fully saturated rings. The van der Waals surface area contributed by atoms with Crippen LogP contribution in [0.1, 0.15) is 25.6 Å². The molecule has 0 saturated carbocycles. The lowest BCUT2D eigenvalue weighted by Crippen LogP contribution is -2.53. The first-order valence-corrected chi connectivity index (χ1v) is 9.24. The first kappa shape index (κ1) is 15.9. The number of nitrogens with one attached hydrogen (secondary N) is 1. The Kier molecular flexibility index (Phi) is 4.88. The number of halogens is 1. The second-order valence-electron chi connectivity index (χ2n) is 5.04. The lowest BCUT2D eigenvalue weighted by molar-refractivity contribution is 0.0557. The number of hydrogen-bond donors (Lipinski definition) is 1. The Morgan fingerprint density at radius 2 is 2.15 bits per heavy atom. The van der Waals surface area contributed by atoms with E-state index in [1.54, 1.807) is 13.1 Å². The van der Waals surface area contributed by atoms with Gasteiger partial charge in [0.05, 0.1) is 0 Å². The summed E-state index contributed by atoms with van der Waals surface area (Å²) in [6, 6.07) is 0. The number of rotatable bonds is 5. The van der Waals surface area contributed by atoms with Crippen LogP contribution in [0.25, 0.3) is 0 Å². The van der Waals surface area contributed by atoms with Gasteiger partial charge in [-0.3, -0.25) is 0 Å². The maximum Gasteiger partial charge on any atom is 0.260 e. The van der Waals surface area contributed by atoms with Crippen LogP contribution in [-0.2, 0) is 21.3 Å². The van der Waals surface area contributed by atoms with E-state index in [-0.39, 0.29) is 5.03 Å². The van der Waals surface area contributed by atoms with Crippen LogP contribution in [0.3, 0.4) is 0 Å². The second-order valence-corrected chi connectivity index (χ2v) is 7.23. The van der Waals surface area contributed by atoms with E-state index >= 15 is 0 Å². The van der Waals surface area contributed by atoms with Crippen molar-refractivity contribution >= 4 is 26.0 Å². The van der Waals surface area contributed by atoms with Gasteiger partial charge in [-0.1, -0.05) is 15.9 Å². The molecular weight excluding hydrogens is 346 g/mol. The molecule has 1 saturated heterocycles. The quantitative estimate of drug-likeness (QED) is 0.801. The minimum Gasteiger partial charge on any atom is -0.381 e. The molecule has 2 heterocycles. The van der Waals surface area contributed by atoms with E-state index in [0.717, 1.165) is 0 Å². The molecule has 6 nitrogen and oxygen atoms in total. The zero-order valence-corrected chi connectivity index (χ0v) is 14.1. The van der Waals surface area contributed by atoms with Gasteiger partial charge in [-0.2, -0.15) is 0 Å². The maximum atomic E-state index is 12.5. The third-order valence-corrected chi connectivity index (χ3v) is 6.15. The van der Waals surface area contributed by atoms with Gasteiger partial charge in [0.1, 0.15) is 5.82 Å². The zero-order valence-electron chi connectivity index (χ0n) is 11.7.